The molecule has 1 N–H and O–H groups in total. The molecule has 0 aliphatic carbocycles. The average molecular weight is 256 g/mol. The van der Waals surface area contributed by atoms with E-state index in [0.717, 1.165) is 29.8 Å². The summed E-state index contributed by atoms with van der Waals surface area (Å²) < 4.78 is 0. The standard InChI is InChI=1S/C15H16N2O2/c1-3-5-13-8-10(2)16-14(17-13)11-6-4-7-12(9-11)15(18)19/h4,6-9H,3,5H2,1-2H3,(H,18,19). The molecular formula is C15H16N2O2. The SMILES string of the molecule is CCCc1cc(C)nc(-c2cccc(C(=O)O)c2)n1. The van der Waals surface area contributed by atoms with Gasteiger partial charge in [-0.25, -0.2) is 14.8 Å². The van der Waals surface area contributed by atoms with Crippen molar-refractivity contribution in [3.8, 4) is 11.4 Å². The van der Waals surface area contributed by atoms with E-state index in [9.17, 15) is 4.79 Å². The second kappa shape index (κ2) is 5.61. The fourth-order valence-electron chi connectivity index (χ4n) is 1.94. The van der Waals surface area contributed by atoms with Crippen LogP contribution in [0.15, 0.2) is 30.3 Å². The smallest absolute Gasteiger partial charge is 0.335 e. The molecule has 1 aromatic heterocycles. The molecular weight excluding hydrogens is 240 g/mol. The molecule has 1 aromatic carbocycles. The monoisotopic (exact) mass is 256 g/mol. The van der Waals surface area contributed by atoms with E-state index in [1.54, 1.807) is 18.2 Å². The van der Waals surface area contributed by atoms with Crippen LogP contribution in [-0.2, 0) is 6.42 Å². The zero-order valence-electron chi connectivity index (χ0n) is 11.1. The molecule has 0 atom stereocenters. The number of carbonyl (C=O) groups is 1. The topological polar surface area (TPSA) is 63.1 Å². The van der Waals surface area contributed by atoms with Gasteiger partial charge in [-0.3, -0.25) is 0 Å². The van der Waals surface area contributed by atoms with Crippen molar-refractivity contribution < 1.29 is 9.90 Å². The maximum absolute atomic E-state index is 11.0. The van der Waals surface area contributed by atoms with E-state index in [1.807, 2.05) is 19.1 Å². The van der Waals surface area contributed by atoms with Crippen LogP contribution in [0.5, 0.6) is 0 Å². The summed E-state index contributed by atoms with van der Waals surface area (Å²) in [5, 5.41) is 9.01. The van der Waals surface area contributed by atoms with Crippen LogP contribution in [0, 0.1) is 6.92 Å². The quantitative estimate of drug-likeness (QED) is 0.913. The molecule has 0 bridgehead atoms. The van der Waals surface area contributed by atoms with Gasteiger partial charge in [-0.15, -0.1) is 0 Å². The Morgan fingerprint density at radius 2 is 2.05 bits per heavy atom. The number of aromatic carboxylic acids is 1. The van der Waals surface area contributed by atoms with Crippen molar-refractivity contribution >= 4 is 5.97 Å². The molecule has 1 heterocycles. The lowest BCUT2D eigenvalue weighted by Gasteiger charge is -2.06. The molecule has 0 radical (unpaired) electrons. The Bertz CT molecular complexity index is 609. The van der Waals surface area contributed by atoms with Gasteiger partial charge in [0.2, 0.25) is 0 Å². The van der Waals surface area contributed by atoms with Crippen LogP contribution in [0.3, 0.4) is 0 Å². The number of carboxylic acids is 1. The molecule has 0 aliphatic heterocycles. The van der Waals surface area contributed by atoms with Crippen molar-refractivity contribution in [1.29, 1.82) is 0 Å². The summed E-state index contributed by atoms with van der Waals surface area (Å²) >= 11 is 0. The van der Waals surface area contributed by atoms with Crippen molar-refractivity contribution in [1.82, 2.24) is 9.97 Å². The number of carboxylic acid groups (broad SMARTS) is 1. The summed E-state index contributed by atoms with van der Waals surface area (Å²) in [6.45, 7) is 4.02. The Kier molecular flexibility index (Phi) is 3.90. The molecule has 0 unspecified atom stereocenters. The van der Waals surface area contributed by atoms with Crippen LogP contribution >= 0.6 is 0 Å². The summed E-state index contributed by atoms with van der Waals surface area (Å²) in [5.41, 5.74) is 2.88. The Morgan fingerprint density at radius 1 is 1.26 bits per heavy atom. The zero-order chi connectivity index (χ0) is 13.8. The Balaban J connectivity index is 2.46. The molecule has 4 nitrogen and oxygen atoms in total. The van der Waals surface area contributed by atoms with Crippen LogP contribution in [0.25, 0.3) is 11.4 Å². The summed E-state index contributed by atoms with van der Waals surface area (Å²) in [6, 6.07) is 8.68. The largest absolute Gasteiger partial charge is 0.478 e. The highest BCUT2D eigenvalue weighted by Crippen LogP contribution is 2.18. The van der Waals surface area contributed by atoms with Crippen LogP contribution in [0.1, 0.15) is 35.1 Å². The van der Waals surface area contributed by atoms with E-state index < -0.39 is 5.97 Å². The van der Waals surface area contributed by atoms with Crippen LogP contribution in [0.4, 0.5) is 0 Å². The predicted molar refractivity (Wildman–Crippen MR) is 73.2 cm³/mol. The lowest BCUT2D eigenvalue weighted by molar-refractivity contribution is 0.0697. The normalized spacial score (nSPS) is 10.4. The summed E-state index contributed by atoms with van der Waals surface area (Å²) in [7, 11) is 0. The Labute approximate surface area is 112 Å². The maximum Gasteiger partial charge on any atom is 0.335 e. The van der Waals surface area contributed by atoms with Gasteiger partial charge in [0.15, 0.2) is 5.82 Å². The highest BCUT2D eigenvalue weighted by Gasteiger charge is 2.08. The third-order valence-corrected chi connectivity index (χ3v) is 2.78. The summed E-state index contributed by atoms with van der Waals surface area (Å²) in [5.74, 6) is -0.352. The molecule has 4 heteroatoms. The van der Waals surface area contributed by atoms with Gasteiger partial charge in [-0.05, 0) is 31.5 Å². The van der Waals surface area contributed by atoms with Gasteiger partial charge in [0.1, 0.15) is 0 Å². The van der Waals surface area contributed by atoms with Gasteiger partial charge in [0.25, 0.3) is 0 Å². The third kappa shape index (κ3) is 3.16. The van der Waals surface area contributed by atoms with Gasteiger partial charge < -0.3 is 5.11 Å². The number of rotatable bonds is 4. The molecule has 98 valence electrons. The van der Waals surface area contributed by atoms with E-state index in [-0.39, 0.29) is 5.56 Å². The van der Waals surface area contributed by atoms with E-state index in [0.29, 0.717) is 5.82 Å². The van der Waals surface area contributed by atoms with E-state index >= 15 is 0 Å². The number of aromatic nitrogens is 2. The minimum Gasteiger partial charge on any atom is -0.478 e. The first kappa shape index (κ1) is 13.2. The van der Waals surface area contributed by atoms with Crippen LogP contribution in [0.2, 0.25) is 0 Å². The van der Waals surface area contributed by atoms with Crippen molar-refractivity contribution in [2.24, 2.45) is 0 Å². The number of hydrogen-bond acceptors (Lipinski definition) is 3. The first-order chi connectivity index (χ1) is 9.10. The number of benzene rings is 1. The van der Waals surface area contributed by atoms with Crippen molar-refractivity contribution in [3.05, 3.63) is 47.3 Å². The summed E-state index contributed by atoms with van der Waals surface area (Å²) in [6.07, 6.45) is 1.92. The lowest BCUT2D eigenvalue weighted by atomic mass is 10.1. The molecule has 0 fully saturated rings. The van der Waals surface area contributed by atoms with Gasteiger partial charge in [0.05, 0.1) is 5.56 Å². The van der Waals surface area contributed by atoms with Gasteiger partial charge in [-0.1, -0.05) is 25.5 Å². The molecule has 0 spiro atoms. The second-order valence-electron chi connectivity index (χ2n) is 4.46. The number of nitrogens with zero attached hydrogens (tertiary/aromatic N) is 2. The second-order valence-corrected chi connectivity index (χ2v) is 4.46. The molecule has 2 rings (SSSR count). The molecule has 19 heavy (non-hydrogen) atoms. The first-order valence-corrected chi connectivity index (χ1v) is 6.28. The fraction of sp³-hybridized carbons (Fsp3) is 0.267. The highest BCUT2D eigenvalue weighted by atomic mass is 16.4. The molecule has 0 saturated heterocycles. The van der Waals surface area contributed by atoms with E-state index in [1.165, 1.54) is 0 Å². The summed E-state index contributed by atoms with van der Waals surface area (Å²) in [4.78, 5) is 19.9. The first-order valence-electron chi connectivity index (χ1n) is 6.28. The highest BCUT2D eigenvalue weighted by molar-refractivity contribution is 5.89. The van der Waals surface area contributed by atoms with Gasteiger partial charge in [-0.2, -0.15) is 0 Å². The third-order valence-electron chi connectivity index (χ3n) is 2.78. The average Bonchev–Trinajstić information content (AvgIpc) is 2.38. The van der Waals surface area contributed by atoms with Crippen molar-refractivity contribution in [2.45, 2.75) is 26.7 Å². The van der Waals surface area contributed by atoms with E-state index in [4.69, 9.17) is 5.11 Å². The predicted octanol–water partition coefficient (Wildman–Crippen LogP) is 3.10. The minimum absolute atomic E-state index is 0.250. The number of hydrogen-bond donors (Lipinski definition) is 1. The molecule has 2 aromatic rings. The minimum atomic E-state index is -0.941. The molecule has 0 aliphatic rings. The van der Waals surface area contributed by atoms with Gasteiger partial charge in [0, 0.05) is 17.0 Å². The van der Waals surface area contributed by atoms with E-state index in [2.05, 4.69) is 16.9 Å². The maximum atomic E-state index is 11.0. The van der Waals surface area contributed by atoms with Crippen molar-refractivity contribution in [2.75, 3.05) is 0 Å². The lowest BCUT2D eigenvalue weighted by Crippen LogP contribution is -2.00. The molecule has 0 amide bonds. The number of aryl methyl sites for hydroxylation is 2. The van der Waals surface area contributed by atoms with Crippen LogP contribution < -0.4 is 0 Å². The molecule has 0 saturated carbocycles. The fourth-order valence-corrected chi connectivity index (χ4v) is 1.94. The Hall–Kier alpha value is -2.23. The van der Waals surface area contributed by atoms with Gasteiger partial charge >= 0.3 is 5.97 Å². The Morgan fingerprint density at radius 3 is 2.74 bits per heavy atom. The van der Waals surface area contributed by atoms with Crippen molar-refractivity contribution in [3.63, 3.8) is 0 Å². The zero-order valence-corrected chi connectivity index (χ0v) is 11.1. The van der Waals surface area contributed by atoms with Crippen LogP contribution in [-0.4, -0.2) is 21.0 Å².